The Bertz CT molecular complexity index is 630. The molecule has 2 nitrogen and oxygen atoms in total. The van der Waals surface area contributed by atoms with Crippen LogP contribution in [0.2, 0.25) is 0 Å². The largest absolute Gasteiger partial charge is 0.309 e. The third-order valence-electron chi connectivity index (χ3n) is 4.21. The number of hydrogen-bond acceptors (Lipinski definition) is 3. The first-order valence-corrected chi connectivity index (χ1v) is 8.81. The predicted molar refractivity (Wildman–Crippen MR) is 91.0 cm³/mol. The third-order valence-corrected chi connectivity index (χ3v) is 5.46. The molecule has 0 bridgehead atoms. The Morgan fingerprint density at radius 1 is 1.33 bits per heavy atom. The summed E-state index contributed by atoms with van der Waals surface area (Å²) in [6.07, 6.45) is 4.83. The number of thiazole rings is 1. The van der Waals surface area contributed by atoms with Crippen LogP contribution in [0.5, 0.6) is 0 Å². The summed E-state index contributed by atoms with van der Waals surface area (Å²) in [6, 6.07) is 7.18. The highest BCUT2D eigenvalue weighted by molar-refractivity contribution is 7.15. The Labute approximate surface area is 131 Å². The average Bonchev–Trinajstić information content (AvgIpc) is 2.92. The summed E-state index contributed by atoms with van der Waals surface area (Å²) < 4.78 is 0. The lowest BCUT2D eigenvalue weighted by Gasteiger charge is -2.22. The average molecular weight is 300 g/mol. The van der Waals surface area contributed by atoms with E-state index in [2.05, 4.69) is 44.3 Å². The van der Waals surface area contributed by atoms with E-state index in [0.29, 0.717) is 6.04 Å². The Morgan fingerprint density at radius 3 is 3.00 bits per heavy atom. The molecule has 0 saturated heterocycles. The molecule has 1 N–H and O–H groups in total. The van der Waals surface area contributed by atoms with Crippen LogP contribution < -0.4 is 5.32 Å². The van der Waals surface area contributed by atoms with Crippen molar-refractivity contribution in [3.8, 4) is 10.6 Å². The summed E-state index contributed by atoms with van der Waals surface area (Å²) >= 11 is 1.90. The maximum Gasteiger partial charge on any atom is 0.124 e. The number of nitrogens with zero attached hydrogens (tertiary/aromatic N) is 1. The van der Waals surface area contributed by atoms with Gasteiger partial charge in [-0.05, 0) is 57.7 Å². The predicted octanol–water partition coefficient (Wildman–Crippen LogP) is 4.80. The van der Waals surface area contributed by atoms with E-state index in [-0.39, 0.29) is 0 Å². The fourth-order valence-corrected chi connectivity index (χ4v) is 4.32. The quantitative estimate of drug-likeness (QED) is 0.877. The zero-order chi connectivity index (χ0) is 14.8. The summed E-state index contributed by atoms with van der Waals surface area (Å²) in [5, 5.41) is 4.89. The van der Waals surface area contributed by atoms with Gasteiger partial charge in [0.25, 0.3) is 0 Å². The van der Waals surface area contributed by atoms with Crippen LogP contribution in [0.3, 0.4) is 0 Å². The molecule has 1 atom stereocenters. The first-order valence-electron chi connectivity index (χ1n) is 7.99. The molecule has 1 aliphatic rings. The molecular weight excluding hydrogens is 276 g/mol. The lowest BCUT2D eigenvalue weighted by atomic mass is 9.98. The van der Waals surface area contributed by atoms with Crippen molar-refractivity contribution >= 4 is 11.3 Å². The van der Waals surface area contributed by atoms with Gasteiger partial charge in [-0.15, -0.1) is 11.3 Å². The zero-order valence-electron chi connectivity index (χ0n) is 13.2. The minimum Gasteiger partial charge on any atom is -0.309 e. The molecule has 0 amide bonds. The molecule has 0 fully saturated rings. The maximum atomic E-state index is 4.96. The van der Waals surface area contributed by atoms with Gasteiger partial charge in [0.1, 0.15) is 5.01 Å². The molecule has 21 heavy (non-hydrogen) atoms. The van der Waals surface area contributed by atoms with Gasteiger partial charge >= 0.3 is 0 Å². The van der Waals surface area contributed by atoms with Crippen LogP contribution in [0.1, 0.15) is 53.9 Å². The van der Waals surface area contributed by atoms with E-state index in [1.165, 1.54) is 51.5 Å². The minimum atomic E-state index is 0.519. The van der Waals surface area contributed by atoms with Gasteiger partial charge in [-0.3, -0.25) is 0 Å². The molecule has 0 radical (unpaired) electrons. The van der Waals surface area contributed by atoms with Gasteiger partial charge < -0.3 is 5.32 Å². The fraction of sp³-hybridized carbons (Fsp3) is 0.500. The lowest BCUT2D eigenvalue weighted by Crippen LogP contribution is -2.24. The standard InChI is InChI=1S/C18H24N2S/c1-4-10-19-15-6-5-7-16-17(15)21-18(20-16)14-11-12(2)8-9-13(14)3/h8-9,11,15,19H,4-7,10H2,1-3H3. The molecule has 0 saturated carbocycles. The van der Waals surface area contributed by atoms with Crippen molar-refractivity contribution in [2.24, 2.45) is 0 Å². The molecule has 1 aromatic heterocycles. The minimum absolute atomic E-state index is 0.519. The second-order valence-electron chi connectivity index (χ2n) is 6.05. The Balaban J connectivity index is 1.96. The summed E-state index contributed by atoms with van der Waals surface area (Å²) in [5.41, 5.74) is 5.27. The SMILES string of the molecule is CCCNC1CCCc2nc(-c3cc(C)ccc3C)sc21. The smallest absolute Gasteiger partial charge is 0.124 e. The van der Waals surface area contributed by atoms with E-state index < -0.39 is 0 Å². The summed E-state index contributed by atoms with van der Waals surface area (Å²) in [7, 11) is 0. The molecule has 0 aliphatic heterocycles. The van der Waals surface area contributed by atoms with Crippen LogP contribution >= 0.6 is 11.3 Å². The van der Waals surface area contributed by atoms with Gasteiger partial charge in [0.05, 0.1) is 5.69 Å². The maximum absolute atomic E-state index is 4.96. The number of rotatable bonds is 4. The third kappa shape index (κ3) is 3.04. The second-order valence-corrected chi connectivity index (χ2v) is 7.08. The van der Waals surface area contributed by atoms with Crippen molar-refractivity contribution in [1.29, 1.82) is 0 Å². The van der Waals surface area contributed by atoms with Crippen molar-refractivity contribution in [1.82, 2.24) is 10.3 Å². The molecule has 1 aliphatic carbocycles. The van der Waals surface area contributed by atoms with Crippen molar-refractivity contribution in [3.63, 3.8) is 0 Å². The van der Waals surface area contributed by atoms with Crippen molar-refractivity contribution in [2.45, 2.75) is 52.5 Å². The number of benzene rings is 1. The summed E-state index contributed by atoms with van der Waals surface area (Å²) in [6.45, 7) is 7.66. The van der Waals surface area contributed by atoms with E-state index in [1.54, 1.807) is 0 Å². The first kappa shape index (κ1) is 14.7. The second kappa shape index (κ2) is 6.29. The number of fused-ring (bicyclic) bond motifs is 1. The monoisotopic (exact) mass is 300 g/mol. The molecule has 3 rings (SSSR count). The van der Waals surface area contributed by atoms with Gasteiger partial charge in [0.2, 0.25) is 0 Å². The van der Waals surface area contributed by atoms with Gasteiger partial charge in [-0.2, -0.15) is 0 Å². The topological polar surface area (TPSA) is 24.9 Å². The van der Waals surface area contributed by atoms with E-state index in [4.69, 9.17) is 4.98 Å². The Morgan fingerprint density at radius 2 is 2.19 bits per heavy atom. The summed E-state index contributed by atoms with van der Waals surface area (Å²) in [5.74, 6) is 0. The first-order chi connectivity index (χ1) is 10.2. The van der Waals surface area contributed by atoms with Gasteiger partial charge in [0, 0.05) is 16.5 Å². The highest BCUT2D eigenvalue weighted by Crippen LogP contribution is 2.38. The number of aryl methyl sites for hydroxylation is 3. The van der Waals surface area contributed by atoms with Crippen LogP contribution in [0, 0.1) is 13.8 Å². The number of hydrogen-bond donors (Lipinski definition) is 1. The Kier molecular flexibility index (Phi) is 4.41. The fourth-order valence-electron chi connectivity index (χ4n) is 3.01. The molecule has 112 valence electrons. The van der Waals surface area contributed by atoms with E-state index >= 15 is 0 Å². The highest BCUT2D eigenvalue weighted by Gasteiger charge is 2.24. The zero-order valence-corrected chi connectivity index (χ0v) is 14.0. The molecule has 3 heteroatoms. The van der Waals surface area contributed by atoms with Gasteiger partial charge in [-0.1, -0.05) is 24.6 Å². The number of aromatic nitrogens is 1. The molecule has 1 unspecified atom stereocenters. The van der Waals surface area contributed by atoms with Gasteiger partial charge in [-0.25, -0.2) is 4.98 Å². The highest BCUT2D eigenvalue weighted by atomic mass is 32.1. The van der Waals surface area contributed by atoms with Gasteiger partial charge in [0.15, 0.2) is 0 Å². The van der Waals surface area contributed by atoms with Crippen molar-refractivity contribution in [2.75, 3.05) is 6.54 Å². The molecular formula is C18H24N2S. The van der Waals surface area contributed by atoms with Crippen LogP contribution in [0.15, 0.2) is 18.2 Å². The van der Waals surface area contributed by atoms with Crippen LogP contribution in [-0.2, 0) is 6.42 Å². The molecule has 1 heterocycles. The van der Waals surface area contributed by atoms with Crippen LogP contribution in [0.25, 0.3) is 10.6 Å². The van der Waals surface area contributed by atoms with Crippen LogP contribution in [0.4, 0.5) is 0 Å². The normalized spacial score (nSPS) is 17.8. The molecule has 2 aromatic rings. The van der Waals surface area contributed by atoms with Crippen molar-refractivity contribution < 1.29 is 0 Å². The van der Waals surface area contributed by atoms with E-state index in [9.17, 15) is 0 Å². The lowest BCUT2D eigenvalue weighted by molar-refractivity contribution is 0.465. The number of nitrogens with one attached hydrogen (secondary N) is 1. The van der Waals surface area contributed by atoms with E-state index in [0.717, 1.165) is 13.0 Å². The van der Waals surface area contributed by atoms with Crippen LogP contribution in [-0.4, -0.2) is 11.5 Å². The molecule has 0 spiro atoms. The van der Waals surface area contributed by atoms with E-state index in [1.807, 2.05) is 11.3 Å². The summed E-state index contributed by atoms with van der Waals surface area (Å²) in [4.78, 5) is 6.44. The molecule has 1 aromatic carbocycles. The Hall–Kier alpha value is -1.19. The van der Waals surface area contributed by atoms with Crippen molar-refractivity contribution in [3.05, 3.63) is 39.9 Å².